The van der Waals surface area contributed by atoms with Crippen LogP contribution in [-0.4, -0.2) is 15.7 Å². The summed E-state index contributed by atoms with van der Waals surface area (Å²) in [5.74, 6) is 1.16. The van der Waals surface area contributed by atoms with Crippen molar-refractivity contribution in [3.63, 3.8) is 0 Å². The molecule has 0 amide bonds. The Morgan fingerprint density at radius 2 is 2.05 bits per heavy atom. The Hall–Kier alpha value is -2.33. The molecular weight excluding hydrogens is 303 g/mol. The summed E-state index contributed by atoms with van der Waals surface area (Å²) in [5, 5.41) is 9.70. The first-order chi connectivity index (χ1) is 10.6. The first-order valence-electron chi connectivity index (χ1n) is 6.71. The van der Waals surface area contributed by atoms with Crippen molar-refractivity contribution in [1.82, 2.24) is 9.97 Å². The maximum atomic E-state index is 12.9. The van der Waals surface area contributed by atoms with Crippen molar-refractivity contribution in [1.29, 1.82) is 5.26 Å². The van der Waals surface area contributed by atoms with Crippen molar-refractivity contribution in [2.24, 2.45) is 0 Å². The molecule has 1 aromatic carbocycles. The Balaban J connectivity index is 2.18. The number of benzene rings is 1. The molecule has 0 unspecified atom stereocenters. The van der Waals surface area contributed by atoms with Crippen LogP contribution in [0.25, 0.3) is 0 Å². The second kappa shape index (κ2) is 7.61. The summed E-state index contributed by atoms with van der Waals surface area (Å²) in [6.45, 7) is 2.12. The van der Waals surface area contributed by atoms with E-state index < -0.39 is 0 Å². The number of hydrogen-bond acceptors (Lipinski definition) is 6. The van der Waals surface area contributed by atoms with E-state index in [9.17, 15) is 9.65 Å². The standard InChI is InChI=1S/C15H15FN4OS/c1-2-7-22-15-19-13(12(8-17)14(18)20-15)9-21-11-5-3-10(16)4-6-11/h3-6H,2,7,9H2,1H3,(H2,18,19,20). The Bertz CT molecular complexity index is 685. The summed E-state index contributed by atoms with van der Waals surface area (Å²) < 4.78 is 18.4. The third-order valence-electron chi connectivity index (χ3n) is 2.73. The summed E-state index contributed by atoms with van der Waals surface area (Å²) in [6, 6.07) is 7.62. The minimum Gasteiger partial charge on any atom is -0.487 e. The molecule has 1 heterocycles. The van der Waals surface area contributed by atoms with Gasteiger partial charge in [0.05, 0.1) is 0 Å². The number of thioether (sulfide) groups is 1. The van der Waals surface area contributed by atoms with Gasteiger partial charge in [-0.1, -0.05) is 18.7 Å². The zero-order valence-electron chi connectivity index (χ0n) is 12.0. The quantitative estimate of drug-likeness (QED) is 0.650. The fraction of sp³-hybridized carbons (Fsp3) is 0.267. The van der Waals surface area contributed by atoms with E-state index in [0.29, 0.717) is 16.6 Å². The molecule has 0 saturated heterocycles. The van der Waals surface area contributed by atoms with Gasteiger partial charge in [-0.05, 0) is 30.7 Å². The van der Waals surface area contributed by atoms with Crippen molar-refractivity contribution in [2.75, 3.05) is 11.5 Å². The molecule has 2 rings (SSSR count). The first kappa shape index (κ1) is 16.0. The Labute approximate surface area is 132 Å². The van der Waals surface area contributed by atoms with Crippen LogP contribution in [0.5, 0.6) is 5.75 Å². The van der Waals surface area contributed by atoms with Gasteiger partial charge in [-0.15, -0.1) is 0 Å². The monoisotopic (exact) mass is 318 g/mol. The maximum absolute atomic E-state index is 12.9. The SMILES string of the molecule is CCCSc1nc(N)c(C#N)c(COc2ccc(F)cc2)n1. The van der Waals surface area contributed by atoms with E-state index in [0.717, 1.165) is 12.2 Å². The summed E-state index contributed by atoms with van der Waals surface area (Å²) in [4.78, 5) is 8.44. The van der Waals surface area contributed by atoms with Crippen LogP contribution in [0.3, 0.4) is 0 Å². The second-order valence-electron chi connectivity index (χ2n) is 4.42. The number of nitrogens with two attached hydrogens (primary N) is 1. The van der Waals surface area contributed by atoms with Gasteiger partial charge in [0.2, 0.25) is 0 Å². The van der Waals surface area contributed by atoms with Crippen LogP contribution in [0, 0.1) is 17.1 Å². The number of aromatic nitrogens is 2. The number of rotatable bonds is 6. The molecule has 0 bridgehead atoms. The highest BCUT2D eigenvalue weighted by Gasteiger charge is 2.13. The van der Waals surface area contributed by atoms with E-state index >= 15 is 0 Å². The van der Waals surface area contributed by atoms with Crippen molar-refractivity contribution in [3.05, 3.63) is 41.3 Å². The molecule has 0 aliphatic carbocycles. The predicted octanol–water partition coefficient (Wildman–Crippen LogP) is 3.15. The molecular formula is C15H15FN4OS. The number of nitrogens with zero attached hydrogens (tertiary/aromatic N) is 3. The van der Waals surface area contributed by atoms with Crippen LogP contribution < -0.4 is 10.5 Å². The minimum atomic E-state index is -0.338. The first-order valence-corrected chi connectivity index (χ1v) is 7.70. The van der Waals surface area contributed by atoms with Crippen LogP contribution in [0.15, 0.2) is 29.4 Å². The zero-order valence-corrected chi connectivity index (χ0v) is 12.9. The highest BCUT2D eigenvalue weighted by atomic mass is 32.2. The van der Waals surface area contributed by atoms with E-state index in [1.165, 1.54) is 36.0 Å². The Morgan fingerprint density at radius 3 is 2.68 bits per heavy atom. The molecule has 5 nitrogen and oxygen atoms in total. The van der Waals surface area contributed by atoms with Gasteiger partial charge in [0.1, 0.15) is 41.3 Å². The molecule has 0 aliphatic rings. The fourth-order valence-corrected chi connectivity index (χ4v) is 2.39. The molecule has 2 N–H and O–H groups in total. The van der Waals surface area contributed by atoms with Gasteiger partial charge in [-0.3, -0.25) is 0 Å². The van der Waals surface area contributed by atoms with Crippen molar-refractivity contribution < 1.29 is 9.13 Å². The van der Waals surface area contributed by atoms with Gasteiger partial charge in [0.15, 0.2) is 5.16 Å². The third kappa shape index (κ3) is 4.09. The van der Waals surface area contributed by atoms with Gasteiger partial charge >= 0.3 is 0 Å². The summed E-state index contributed by atoms with van der Waals surface area (Å²) >= 11 is 1.47. The molecule has 0 fully saturated rings. The lowest BCUT2D eigenvalue weighted by Gasteiger charge is -2.09. The van der Waals surface area contributed by atoms with Gasteiger partial charge in [-0.25, -0.2) is 14.4 Å². The summed E-state index contributed by atoms with van der Waals surface area (Å²) in [7, 11) is 0. The number of anilines is 1. The lowest BCUT2D eigenvalue weighted by atomic mass is 10.2. The van der Waals surface area contributed by atoms with E-state index in [1.807, 2.05) is 6.07 Å². The van der Waals surface area contributed by atoms with Gasteiger partial charge in [-0.2, -0.15) is 5.26 Å². The number of ether oxygens (including phenoxy) is 1. The van der Waals surface area contributed by atoms with E-state index in [1.54, 1.807) is 0 Å². The molecule has 7 heteroatoms. The lowest BCUT2D eigenvalue weighted by molar-refractivity contribution is 0.299. The van der Waals surface area contributed by atoms with Crippen LogP contribution in [0.1, 0.15) is 24.6 Å². The van der Waals surface area contributed by atoms with Crippen molar-refractivity contribution in [2.45, 2.75) is 25.1 Å². The Kier molecular flexibility index (Phi) is 5.55. The molecule has 0 aliphatic heterocycles. The molecule has 22 heavy (non-hydrogen) atoms. The molecule has 0 atom stereocenters. The molecule has 114 valence electrons. The Morgan fingerprint density at radius 1 is 1.32 bits per heavy atom. The lowest BCUT2D eigenvalue weighted by Crippen LogP contribution is -2.08. The fourth-order valence-electron chi connectivity index (χ4n) is 1.67. The largest absolute Gasteiger partial charge is 0.487 e. The minimum absolute atomic E-state index is 0.0704. The molecule has 1 aromatic heterocycles. The van der Waals surface area contributed by atoms with Gasteiger partial charge < -0.3 is 10.5 Å². The summed E-state index contributed by atoms with van der Waals surface area (Å²) in [6.07, 6.45) is 0.981. The van der Waals surface area contributed by atoms with E-state index in [2.05, 4.69) is 16.9 Å². The topological polar surface area (TPSA) is 84.8 Å². The third-order valence-corrected chi connectivity index (χ3v) is 3.78. The average molecular weight is 318 g/mol. The van der Waals surface area contributed by atoms with Gasteiger partial charge in [0.25, 0.3) is 0 Å². The van der Waals surface area contributed by atoms with Crippen LogP contribution >= 0.6 is 11.8 Å². The van der Waals surface area contributed by atoms with Crippen molar-refractivity contribution >= 4 is 17.6 Å². The zero-order chi connectivity index (χ0) is 15.9. The number of halogens is 1. The normalized spacial score (nSPS) is 10.2. The number of nitrogen functional groups attached to an aromatic ring is 1. The van der Waals surface area contributed by atoms with Crippen LogP contribution in [0.2, 0.25) is 0 Å². The number of hydrogen-bond donors (Lipinski definition) is 1. The average Bonchev–Trinajstić information content (AvgIpc) is 2.52. The van der Waals surface area contributed by atoms with Crippen LogP contribution in [0.4, 0.5) is 10.2 Å². The second-order valence-corrected chi connectivity index (χ2v) is 5.48. The summed E-state index contributed by atoms with van der Waals surface area (Å²) in [5.41, 5.74) is 6.44. The highest BCUT2D eigenvalue weighted by Crippen LogP contribution is 2.21. The molecule has 0 radical (unpaired) electrons. The van der Waals surface area contributed by atoms with Gasteiger partial charge in [0, 0.05) is 5.75 Å². The molecule has 0 spiro atoms. The molecule has 0 saturated carbocycles. The van der Waals surface area contributed by atoms with E-state index in [-0.39, 0.29) is 23.8 Å². The maximum Gasteiger partial charge on any atom is 0.189 e. The molecule has 2 aromatic rings. The predicted molar refractivity (Wildman–Crippen MR) is 82.9 cm³/mol. The van der Waals surface area contributed by atoms with Crippen LogP contribution in [-0.2, 0) is 6.61 Å². The van der Waals surface area contributed by atoms with E-state index in [4.69, 9.17) is 10.5 Å². The number of nitriles is 1. The highest BCUT2D eigenvalue weighted by molar-refractivity contribution is 7.99. The van der Waals surface area contributed by atoms with Crippen molar-refractivity contribution in [3.8, 4) is 11.8 Å². The smallest absolute Gasteiger partial charge is 0.189 e.